The maximum Gasteiger partial charge on any atom is 0.409 e. The zero-order valence-corrected chi connectivity index (χ0v) is 27.5. The number of pyridine rings is 1. The molecule has 1 saturated carbocycles. The fraction of sp³-hybridized carbons (Fsp3) is 0.545. The molecule has 15 nitrogen and oxygen atoms in total. The first kappa shape index (κ1) is 35.3. The average Bonchev–Trinajstić information content (AvgIpc) is 3.54. The van der Waals surface area contributed by atoms with E-state index in [2.05, 4.69) is 15.6 Å². The van der Waals surface area contributed by atoms with Gasteiger partial charge in [0.15, 0.2) is 6.61 Å². The molecule has 1 aromatic carbocycles. The van der Waals surface area contributed by atoms with Crippen molar-refractivity contribution < 1.29 is 47.7 Å². The summed E-state index contributed by atoms with van der Waals surface area (Å²) in [5, 5.41) is 14.9. The third-order valence-electron chi connectivity index (χ3n) is 8.98. The number of fused-ring (bicyclic) bond motifs is 1. The Morgan fingerprint density at radius 3 is 2.37 bits per heavy atom. The van der Waals surface area contributed by atoms with Crippen molar-refractivity contribution in [3.63, 3.8) is 0 Å². The molecule has 3 heterocycles. The summed E-state index contributed by atoms with van der Waals surface area (Å²) in [6, 6.07) is 1.91. The van der Waals surface area contributed by atoms with Crippen LogP contribution in [0, 0.1) is 12.7 Å². The second-order valence-corrected chi connectivity index (χ2v) is 12.5. The molecule has 2 aromatic rings. The monoisotopic (exact) mass is 684 g/mol. The molecule has 3 fully saturated rings. The minimum Gasteiger partial charge on any atom is -0.483 e. The van der Waals surface area contributed by atoms with Gasteiger partial charge in [-0.05, 0) is 63.6 Å². The van der Waals surface area contributed by atoms with Crippen molar-refractivity contribution in [2.24, 2.45) is 0 Å². The Morgan fingerprint density at radius 2 is 1.71 bits per heavy atom. The lowest BCUT2D eigenvalue weighted by molar-refractivity contribution is -0.143. The normalized spacial score (nSPS) is 18.4. The van der Waals surface area contributed by atoms with Gasteiger partial charge in [-0.2, -0.15) is 0 Å². The number of benzene rings is 1. The Morgan fingerprint density at radius 1 is 1.00 bits per heavy atom. The van der Waals surface area contributed by atoms with Crippen LogP contribution in [0.4, 0.5) is 9.18 Å². The van der Waals surface area contributed by atoms with Crippen molar-refractivity contribution in [2.75, 3.05) is 45.9 Å². The van der Waals surface area contributed by atoms with Gasteiger partial charge in [-0.25, -0.2) is 14.2 Å². The summed E-state index contributed by atoms with van der Waals surface area (Å²) in [5.74, 6) is -4.47. The molecular weight excluding hydrogens is 643 g/mol. The number of likely N-dealkylation sites (tertiary alicyclic amines) is 1. The minimum atomic E-state index is -1.48. The fourth-order valence-corrected chi connectivity index (χ4v) is 6.21. The SMILES string of the molecule is CCOC(=O)N1CCN(C(=O)C(CC(=O)O)NC(=O)c2cc(OCC(=O)N3CCCC3C(=O)NC3CCC3)c3c(F)cc(C)cc3n2)CC1. The molecule has 2 atom stereocenters. The van der Waals surface area contributed by atoms with Gasteiger partial charge in [0.2, 0.25) is 11.8 Å². The predicted octanol–water partition coefficient (Wildman–Crippen LogP) is 1.59. The number of halogens is 1. The maximum atomic E-state index is 15.3. The molecule has 3 N–H and O–H groups in total. The highest BCUT2D eigenvalue weighted by molar-refractivity contribution is 6.00. The van der Waals surface area contributed by atoms with Crippen LogP contribution in [0.2, 0.25) is 0 Å². The van der Waals surface area contributed by atoms with E-state index in [4.69, 9.17) is 9.47 Å². The zero-order chi connectivity index (χ0) is 35.2. The summed E-state index contributed by atoms with van der Waals surface area (Å²) in [6.07, 6.45) is 2.77. The number of amides is 5. The number of carbonyl (C=O) groups excluding carboxylic acids is 5. The highest BCUT2D eigenvalue weighted by Gasteiger charge is 2.36. The third-order valence-corrected chi connectivity index (χ3v) is 8.98. The summed E-state index contributed by atoms with van der Waals surface area (Å²) < 4.78 is 26.1. The predicted molar refractivity (Wildman–Crippen MR) is 171 cm³/mol. The van der Waals surface area contributed by atoms with Gasteiger partial charge in [0.1, 0.15) is 29.3 Å². The summed E-state index contributed by atoms with van der Waals surface area (Å²) in [5.41, 5.74) is 0.243. The molecule has 0 bridgehead atoms. The summed E-state index contributed by atoms with van der Waals surface area (Å²) in [6.45, 7) is 3.85. The van der Waals surface area contributed by atoms with E-state index in [1.54, 1.807) is 13.8 Å². The average molecular weight is 685 g/mol. The van der Waals surface area contributed by atoms with Gasteiger partial charge in [-0.1, -0.05) is 0 Å². The van der Waals surface area contributed by atoms with Crippen LogP contribution >= 0.6 is 0 Å². The molecular formula is C33H41FN6O9. The van der Waals surface area contributed by atoms with Crippen LogP contribution in [-0.2, 0) is 23.9 Å². The number of carboxylic acids is 1. The first-order valence-electron chi connectivity index (χ1n) is 16.5. The molecule has 2 unspecified atom stereocenters. The summed E-state index contributed by atoms with van der Waals surface area (Å²) in [7, 11) is 0. The van der Waals surface area contributed by atoms with Crippen molar-refractivity contribution in [1.29, 1.82) is 0 Å². The molecule has 3 aliphatic rings. The van der Waals surface area contributed by atoms with Gasteiger partial charge in [0.05, 0.1) is 23.9 Å². The molecule has 1 aliphatic carbocycles. The van der Waals surface area contributed by atoms with Crippen LogP contribution in [0.5, 0.6) is 5.75 Å². The fourth-order valence-electron chi connectivity index (χ4n) is 6.21. The molecule has 5 amide bonds. The standard InChI is InChI=1S/C33H41FN6O9/c1-3-48-33(47)39-12-10-38(11-13-39)32(46)24(17-28(42)43)37-30(44)23-16-26(29-21(34)14-19(2)15-22(29)36-23)49-18-27(41)40-9-5-8-25(40)31(45)35-20-6-4-7-20/h14-16,20,24-25H,3-13,17-18H2,1-2H3,(H,35,45)(H,37,44)(H,42,43). The lowest BCUT2D eigenvalue weighted by Gasteiger charge is -2.35. The van der Waals surface area contributed by atoms with Crippen LogP contribution in [0.3, 0.4) is 0 Å². The number of aryl methyl sites for hydroxylation is 1. The van der Waals surface area contributed by atoms with E-state index in [9.17, 15) is 33.9 Å². The van der Waals surface area contributed by atoms with Crippen molar-refractivity contribution in [3.8, 4) is 5.75 Å². The van der Waals surface area contributed by atoms with E-state index in [-0.39, 0.29) is 67.1 Å². The van der Waals surface area contributed by atoms with E-state index < -0.39 is 60.7 Å². The molecule has 16 heteroatoms. The lowest BCUT2D eigenvalue weighted by atomic mass is 9.93. The van der Waals surface area contributed by atoms with Gasteiger partial charge in [-0.3, -0.25) is 24.0 Å². The number of nitrogens with zero attached hydrogens (tertiary/aromatic N) is 4. The van der Waals surface area contributed by atoms with Gasteiger partial charge in [0.25, 0.3) is 11.8 Å². The third kappa shape index (κ3) is 8.35. The van der Waals surface area contributed by atoms with Gasteiger partial charge in [0, 0.05) is 44.8 Å². The Hall–Kier alpha value is -5.02. The molecule has 0 radical (unpaired) electrons. The van der Waals surface area contributed by atoms with Crippen molar-refractivity contribution in [3.05, 3.63) is 35.3 Å². The Bertz CT molecular complexity index is 1630. The first-order chi connectivity index (χ1) is 23.4. The van der Waals surface area contributed by atoms with E-state index in [1.807, 2.05) is 0 Å². The molecule has 0 spiro atoms. The number of rotatable bonds is 11. The molecule has 49 heavy (non-hydrogen) atoms. The molecule has 1 aromatic heterocycles. The van der Waals surface area contributed by atoms with Crippen molar-refractivity contribution in [1.82, 2.24) is 30.3 Å². The molecule has 2 aliphatic heterocycles. The number of piperazine rings is 1. The number of aliphatic carboxylic acids is 1. The van der Waals surface area contributed by atoms with Crippen LogP contribution < -0.4 is 15.4 Å². The van der Waals surface area contributed by atoms with E-state index >= 15 is 4.39 Å². The van der Waals surface area contributed by atoms with E-state index in [0.29, 0.717) is 24.9 Å². The van der Waals surface area contributed by atoms with Crippen LogP contribution in [0.25, 0.3) is 10.9 Å². The second-order valence-electron chi connectivity index (χ2n) is 12.5. The van der Waals surface area contributed by atoms with Crippen molar-refractivity contribution in [2.45, 2.75) is 70.5 Å². The highest BCUT2D eigenvalue weighted by atomic mass is 19.1. The highest BCUT2D eigenvalue weighted by Crippen LogP contribution is 2.30. The number of carbonyl (C=O) groups is 6. The second kappa shape index (κ2) is 15.5. The lowest BCUT2D eigenvalue weighted by Crippen LogP contribution is -2.56. The number of nitrogens with one attached hydrogen (secondary N) is 2. The summed E-state index contributed by atoms with van der Waals surface area (Å²) >= 11 is 0. The number of ether oxygens (including phenoxy) is 2. The van der Waals surface area contributed by atoms with Crippen LogP contribution in [-0.4, -0.2) is 125 Å². The number of carboxylic acid groups (broad SMARTS) is 1. The first-order valence-corrected chi connectivity index (χ1v) is 16.5. The Labute approximate surface area is 282 Å². The maximum absolute atomic E-state index is 15.3. The Kier molecular flexibility index (Phi) is 11.1. The zero-order valence-electron chi connectivity index (χ0n) is 27.5. The van der Waals surface area contributed by atoms with E-state index in [0.717, 1.165) is 25.3 Å². The molecule has 264 valence electrons. The number of hydrogen-bond acceptors (Lipinski definition) is 9. The quantitative estimate of drug-likeness (QED) is 0.314. The minimum absolute atomic E-state index is 0.0442. The van der Waals surface area contributed by atoms with Crippen LogP contribution in [0.1, 0.15) is 61.5 Å². The number of aromatic nitrogens is 1. The van der Waals surface area contributed by atoms with E-state index in [1.165, 1.54) is 26.8 Å². The molecule has 5 rings (SSSR count). The summed E-state index contributed by atoms with van der Waals surface area (Å²) in [4.78, 5) is 85.2. The molecule has 2 saturated heterocycles. The topological polar surface area (TPSA) is 188 Å². The van der Waals surface area contributed by atoms with Gasteiger partial charge in [-0.15, -0.1) is 0 Å². The van der Waals surface area contributed by atoms with Gasteiger partial charge < -0.3 is 39.9 Å². The number of hydrogen-bond donors (Lipinski definition) is 3. The van der Waals surface area contributed by atoms with Gasteiger partial charge >= 0.3 is 12.1 Å². The largest absolute Gasteiger partial charge is 0.483 e. The smallest absolute Gasteiger partial charge is 0.409 e. The van der Waals surface area contributed by atoms with Crippen molar-refractivity contribution >= 4 is 46.6 Å². The van der Waals surface area contributed by atoms with Crippen LogP contribution in [0.15, 0.2) is 18.2 Å². The Balaban J connectivity index is 1.32.